The molecule has 3 heteroatoms. The Morgan fingerprint density at radius 2 is 1.17 bits per heavy atom. The topological polar surface area (TPSA) is 0 Å². The molecule has 0 N–H and O–H groups in total. The Morgan fingerprint density at radius 3 is 1.58 bits per heavy atom. The van der Waals surface area contributed by atoms with Crippen LogP contribution in [0.3, 0.4) is 0 Å². The minimum absolute atomic E-state index is 0. The van der Waals surface area contributed by atoms with E-state index in [9.17, 15) is 0 Å². The molecule has 3 unspecified atom stereocenters. The van der Waals surface area contributed by atoms with Gasteiger partial charge in [0.15, 0.2) is 0 Å². The second kappa shape index (κ2) is 6.50. The summed E-state index contributed by atoms with van der Waals surface area (Å²) in [4.78, 5) is 0. The van der Waals surface area contributed by atoms with E-state index < -0.39 is 16.6 Å². The summed E-state index contributed by atoms with van der Waals surface area (Å²) >= 11 is -1.98. The van der Waals surface area contributed by atoms with Gasteiger partial charge in [0.25, 0.3) is 0 Å². The smallest absolute Gasteiger partial charge is 1.00 e. The van der Waals surface area contributed by atoms with Crippen molar-refractivity contribution in [1.29, 1.82) is 0 Å². The second-order valence-electron chi connectivity index (χ2n) is 7.15. The van der Waals surface area contributed by atoms with Gasteiger partial charge in [-0.25, -0.2) is 0 Å². The molecule has 1 aliphatic heterocycles. The van der Waals surface area contributed by atoms with E-state index in [-0.39, 0.29) is 24.8 Å². The molecule has 122 valence electrons. The number of rotatable bonds is 2. The predicted octanol–water partition coefficient (Wildman–Crippen LogP) is -0.0752. The number of benzene rings is 2. The molecular weight excluding hydrogens is 371 g/mol. The number of hydrogen-bond acceptors (Lipinski definition) is 0. The van der Waals surface area contributed by atoms with Gasteiger partial charge >= 0.3 is 136 Å². The van der Waals surface area contributed by atoms with Crippen molar-refractivity contribution in [3.05, 3.63) is 82.9 Å². The number of allylic oxidation sites excluding steroid dienone is 2. The van der Waals surface area contributed by atoms with Gasteiger partial charge in [0.1, 0.15) is 0 Å². The molecule has 0 aromatic heterocycles. The van der Waals surface area contributed by atoms with Crippen LogP contribution >= 0.6 is 0 Å². The van der Waals surface area contributed by atoms with Crippen LogP contribution in [0, 0.1) is 0 Å². The molecule has 0 spiro atoms. The Kier molecular flexibility index (Phi) is 4.88. The van der Waals surface area contributed by atoms with Crippen LogP contribution in [-0.4, -0.2) is 0 Å². The molecule has 0 bridgehead atoms. The summed E-state index contributed by atoms with van der Waals surface area (Å²) in [5.41, 5.74) is 6.16. The molecule has 1 fully saturated rings. The van der Waals surface area contributed by atoms with Gasteiger partial charge in [-0.05, 0) is 0 Å². The molecule has 2 aliphatic carbocycles. The summed E-state index contributed by atoms with van der Waals surface area (Å²) in [5.74, 6) is 0. The first kappa shape index (κ1) is 18.0. The van der Waals surface area contributed by atoms with E-state index in [4.69, 9.17) is 0 Å². The maximum Gasteiger partial charge on any atom is -1.00 e. The SMILES string of the molecule is C[CH]1[CH2][Ti+2]1([CH]1C=Cc2ccccc21)[CH]1C=Cc2ccccc21.[Cl-].[Cl-]. The summed E-state index contributed by atoms with van der Waals surface area (Å²) in [6.07, 6.45) is 9.84. The van der Waals surface area contributed by atoms with Crippen LogP contribution in [0.25, 0.3) is 12.2 Å². The minimum Gasteiger partial charge on any atom is -1.00 e. The predicted molar refractivity (Wildman–Crippen MR) is 90.7 cm³/mol. The zero-order chi connectivity index (χ0) is 14.7. The zero-order valence-corrected chi connectivity index (χ0v) is 16.7. The Bertz CT molecular complexity index is 763. The fourth-order valence-corrected chi connectivity index (χ4v) is 15.3. The Labute approximate surface area is 160 Å². The van der Waals surface area contributed by atoms with Crippen molar-refractivity contribution < 1.29 is 41.4 Å². The van der Waals surface area contributed by atoms with Gasteiger partial charge in [-0.3, -0.25) is 0 Å². The minimum atomic E-state index is -1.98. The molecule has 2 aromatic carbocycles. The van der Waals surface area contributed by atoms with E-state index in [1.165, 1.54) is 15.9 Å². The van der Waals surface area contributed by atoms with Crippen LogP contribution in [0.15, 0.2) is 60.7 Å². The molecule has 3 atom stereocenters. The van der Waals surface area contributed by atoms with E-state index >= 15 is 0 Å². The van der Waals surface area contributed by atoms with Crippen molar-refractivity contribution in [2.24, 2.45) is 0 Å². The second-order valence-corrected chi connectivity index (χ2v) is 14.7. The van der Waals surface area contributed by atoms with Crippen LogP contribution in [0.4, 0.5) is 0 Å². The summed E-state index contributed by atoms with van der Waals surface area (Å²) in [5, 5.41) is 0. The molecule has 1 heterocycles. The summed E-state index contributed by atoms with van der Waals surface area (Å²) < 4.78 is 4.01. The Morgan fingerprint density at radius 1 is 0.750 bits per heavy atom. The molecule has 3 aliphatic rings. The largest absolute Gasteiger partial charge is 1.00 e. The molecule has 0 saturated carbocycles. The summed E-state index contributed by atoms with van der Waals surface area (Å²) in [6, 6.07) is 18.1. The van der Waals surface area contributed by atoms with Gasteiger partial charge in [-0.15, -0.1) is 0 Å². The van der Waals surface area contributed by atoms with E-state index in [0.717, 1.165) is 12.7 Å². The van der Waals surface area contributed by atoms with Crippen molar-refractivity contribution in [3.8, 4) is 0 Å². The van der Waals surface area contributed by atoms with Gasteiger partial charge in [0.05, 0.1) is 0 Å². The maximum atomic E-state index is 2.54. The fourth-order valence-electron chi connectivity index (χ4n) is 4.97. The van der Waals surface area contributed by atoms with E-state index in [1.54, 1.807) is 11.1 Å². The molecular formula is C21H20Cl2Ti. The molecule has 0 nitrogen and oxygen atoms in total. The fraction of sp³-hybridized carbons (Fsp3) is 0.238. The quantitative estimate of drug-likeness (QED) is 0.629. The Hall–Kier alpha value is -0.786. The first-order chi connectivity index (χ1) is 10.8. The van der Waals surface area contributed by atoms with Crippen molar-refractivity contribution in [2.45, 2.75) is 24.3 Å². The van der Waals surface area contributed by atoms with E-state index in [1.807, 2.05) is 0 Å². The van der Waals surface area contributed by atoms with Crippen LogP contribution in [0.5, 0.6) is 0 Å². The molecule has 0 amide bonds. The normalized spacial score (nSPS) is 28.3. The van der Waals surface area contributed by atoms with Gasteiger partial charge in [0, 0.05) is 0 Å². The molecule has 24 heavy (non-hydrogen) atoms. The number of halogens is 2. The third-order valence-corrected chi connectivity index (χ3v) is 15.8. The maximum absolute atomic E-state index is 2.54. The van der Waals surface area contributed by atoms with E-state index in [2.05, 4.69) is 79.8 Å². The summed E-state index contributed by atoms with van der Waals surface area (Å²) in [6.45, 7) is 2.52. The van der Waals surface area contributed by atoms with Gasteiger partial charge in [0.2, 0.25) is 0 Å². The molecule has 5 rings (SSSR count). The zero-order valence-electron chi connectivity index (χ0n) is 13.6. The van der Waals surface area contributed by atoms with Gasteiger partial charge < -0.3 is 24.8 Å². The van der Waals surface area contributed by atoms with Gasteiger partial charge in [-0.1, -0.05) is 0 Å². The Balaban J connectivity index is 0.000000845. The van der Waals surface area contributed by atoms with E-state index in [0.29, 0.717) is 0 Å². The monoisotopic (exact) mass is 390 g/mol. The standard InChI is InChI=1S/2C9H7.C3H6.2ClH.Ti/c2*1-2-5-9-7-3-6-8(9)4-1;1-3-2;;;/h2*1-7H;3H,1H2,2H3;2*1H;/q;;;;;+2/p-2. The molecule has 1 saturated heterocycles. The third kappa shape index (κ3) is 2.39. The first-order valence-corrected chi connectivity index (χ1v) is 12.2. The first-order valence-electron chi connectivity index (χ1n) is 8.35. The van der Waals surface area contributed by atoms with Crippen LogP contribution < -0.4 is 24.8 Å². The summed E-state index contributed by atoms with van der Waals surface area (Å²) in [7, 11) is 0. The number of fused-ring (bicyclic) bond motifs is 2. The molecule has 2 aromatic rings. The van der Waals surface area contributed by atoms with Crippen LogP contribution in [-0.2, 0) is 16.6 Å². The average molecular weight is 391 g/mol. The van der Waals surface area contributed by atoms with Crippen molar-refractivity contribution >= 4 is 12.2 Å². The van der Waals surface area contributed by atoms with Crippen molar-refractivity contribution in [1.82, 2.24) is 0 Å². The van der Waals surface area contributed by atoms with Crippen molar-refractivity contribution in [2.75, 3.05) is 0 Å². The van der Waals surface area contributed by atoms with Crippen LogP contribution in [0.1, 0.15) is 37.6 Å². The molecule has 0 radical (unpaired) electrons. The third-order valence-electron chi connectivity index (χ3n) is 6.17. The van der Waals surface area contributed by atoms with Crippen LogP contribution in [0.2, 0.25) is 8.95 Å². The van der Waals surface area contributed by atoms with Crippen molar-refractivity contribution in [3.63, 3.8) is 0 Å². The number of hydrogen-bond donors (Lipinski definition) is 0. The van der Waals surface area contributed by atoms with Gasteiger partial charge in [-0.2, -0.15) is 0 Å². The average Bonchev–Trinajstić information content (AvgIpc) is 2.96.